The number of aromatic nitrogens is 2. The Balaban J connectivity index is 0.000000186. The predicted molar refractivity (Wildman–Crippen MR) is 127 cm³/mol. The second kappa shape index (κ2) is 12.0. The van der Waals surface area contributed by atoms with Crippen LogP contribution < -0.4 is 0 Å². The molecule has 0 aliphatic carbocycles. The monoisotopic (exact) mass is 609 g/mol. The van der Waals surface area contributed by atoms with E-state index in [-0.39, 0.29) is 25.9 Å². The summed E-state index contributed by atoms with van der Waals surface area (Å²) >= 11 is 0. The molecule has 0 N–H and O–H groups in total. The van der Waals surface area contributed by atoms with Crippen LogP contribution in [0.1, 0.15) is 5.56 Å². The summed E-state index contributed by atoms with van der Waals surface area (Å²) in [7, 11) is 0. The molecule has 5 rings (SSSR count). The fourth-order valence-corrected chi connectivity index (χ4v) is 3.13. The number of hydrogen-bond acceptors (Lipinski definition) is 2. The van der Waals surface area contributed by atoms with E-state index in [0.717, 1.165) is 28.1 Å². The van der Waals surface area contributed by atoms with E-state index >= 15 is 0 Å². The molecule has 4 heteroatoms. The molecule has 0 amide bonds. The molecule has 0 unspecified atom stereocenters. The van der Waals surface area contributed by atoms with Crippen molar-refractivity contribution in [2.24, 2.45) is 0 Å². The maximum atomic E-state index is 12.6. The molecule has 0 fully saturated rings. The molecular formula is C29H21FIrN2-2. The second-order valence-corrected chi connectivity index (χ2v) is 7.21. The largest absolute Gasteiger partial charge is 0.305 e. The maximum Gasteiger partial charge on any atom is 0.0379 e. The average Bonchev–Trinajstić information content (AvgIpc) is 2.87. The molecule has 1 radical (unpaired) electrons. The maximum absolute atomic E-state index is 12.6. The standard InChI is InChI=1S/C17H12N.C12H9FN.Ir/c1-3-7-14(8-4-1)16-11-12-18-17(13-16)15-9-5-2-6-10-15;1-9-2-7-12(14-8-9)10-3-5-11(13)6-4-10;/h1-9,11-13H;2-3,5-8H,1H3;/q2*-1;. The van der Waals surface area contributed by atoms with Crippen LogP contribution in [0, 0.1) is 24.9 Å². The molecule has 2 aromatic heterocycles. The summed E-state index contributed by atoms with van der Waals surface area (Å²) in [6.07, 6.45) is 3.63. The second-order valence-electron chi connectivity index (χ2n) is 7.21. The third-order valence-electron chi connectivity index (χ3n) is 4.81. The Kier molecular flexibility index (Phi) is 8.77. The van der Waals surface area contributed by atoms with E-state index < -0.39 is 0 Å². The van der Waals surface area contributed by atoms with Gasteiger partial charge in [-0.3, -0.25) is 4.39 Å². The Labute approximate surface area is 207 Å². The van der Waals surface area contributed by atoms with Gasteiger partial charge >= 0.3 is 0 Å². The van der Waals surface area contributed by atoms with E-state index in [9.17, 15) is 4.39 Å². The molecule has 0 bridgehead atoms. The van der Waals surface area contributed by atoms with E-state index in [4.69, 9.17) is 0 Å². The first-order valence-corrected chi connectivity index (χ1v) is 10.3. The van der Waals surface area contributed by atoms with Gasteiger partial charge in [0.2, 0.25) is 0 Å². The summed E-state index contributed by atoms with van der Waals surface area (Å²) < 4.78 is 12.6. The van der Waals surface area contributed by atoms with E-state index in [2.05, 4.69) is 40.3 Å². The number of halogens is 1. The fourth-order valence-electron chi connectivity index (χ4n) is 3.13. The van der Waals surface area contributed by atoms with Crippen LogP contribution >= 0.6 is 0 Å². The van der Waals surface area contributed by atoms with Crippen LogP contribution in [0.2, 0.25) is 0 Å². The van der Waals surface area contributed by atoms with Gasteiger partial charge in [-0.05, 0) is 41.1 Å². The van der Waals surface area contributed by atoms with Gasteiger partial charge in [-0.15, -0.1) is 65.7 Å². The molecule has 2 nitrogen and oxygen atoms in total. The molecule has 0 aliphatic rings. The van der Waals surface area contributed by atoms with Gasteiger partial charge in [-0.1, -0.05) is 48.5 Å². The number of rotatable bonds is 3. The van der Waals surface area contributed by atoms with E-state index in [1.54, 1.807) is 12.3 Å². The third kappa shape index (κ3) is 6.76. The van der Waals surface area contributed by atoms with E-state index in [1.165, 1.54) is 23.3 Å². The van der Waals surface area contributed by atoms with Crippen molar-refractivity contribution in [1.29, 1.82) is 0 Å². The molecule has 2 heterocycles. The summed E-state index contributed by atoms with van der Waals surface area (Å²) in [4.78, 5) is 8.63. The molecule has 3 aromatic carbocycles. The summed E-state index contributed by atoms with van der Waals surface area (Å²) in [6.45, 7) is 1.98. The number of hydrogen-bond donors (Lipinski definition) is 0. The zero-order chi connectivity index (χ0) is 22.2. The van der Waals surface area contributed by atoms with Gasteiger partial charge in [-0.2, -0.15) is 0 Å². The van der Waals surface area contributed by atoms with Crippen LogP contribution in [-0.4, -0.2) is 9.97 Å². The van der Waals surface area contributed by atoms with Gasteiger partial charge in [0, 0.05) is 38.3 Å². The quantitative estimate of drug-likeness (QED) is 0.202. The molecular weight excluding hydrogens is 588 g/mol. The Morgan fingerprint density at radius 1 is 0.697 bits per heavy atom. The molecule has 0 aliphatic heterocycles. The SMILES string of the molecule is Cc1ccc(-c2[c-]cc(F)cc2)nc1.[Ir].[c-]1ccccc1-c1cc(-c2ccccc2)ccn1. The third-order valence-corrected chi connectivity index (χ3v) is 4.81. The van der Waals surface area contributed by atoms with Crippen LogP contribution in [-0.2, 0) is 20.1 Å². The first kappa shape index (κ1) is 24.2. The first-order valence-electron chi connectivity index (χ1n) is 10.3. The van der Waals surface area contributed by atoms with Crippen molar-refractivity contribution < 1.29 is 24.5 Å². The zero-order valence-electron chi connectivity index (χ0n) is 18.0. The number of aryl methyl sites for hydroxylation is 1. The summed E-state index contributed by atoms with van der Waals surface area (Å²) in [5.41, 5.74) is 7.10. The molecule has 5 aromatic rings. The Morgan fingerprint density at radius 2 is 1.48 bits per heavy atom. The van der Waals surface area contributed by atoms with Gasteiger partial charge in [0.05, 0.1) is 0 Å². The Hall–Kier alpha value is -3.46. The molecule has 0 saturated heterocycles. The number of nitrogens with zero attached hydrogens (tertiary/aromatic N) is 2. The van der Waals surface area contributed by atoms with Crippen molar-refractivity contribution in [3.05, 3.63) is 133 Å². The van der Waals surface area contributed by atoms with Gasteiger partial charge in [-0.25, -0.2) is 0 Å². The van der Waals surface area contributed by atoms with Crippen molar-refractivity contribution in [1.82, 2.24) is 9.97 Å². The van der Waals surface area contributed by atoms with E-state index in [1.807, 2.05) is 73.8 Å². The predicted octanol–water partition coefficient (Wildman–Crippen LogP) is 7.21. The van der Waals surface area contributed by atoms with Crippen LogP contribution in [0.25, 0.3) is 33.6 Å². The summed E-state index contributed by atoms with van der Waals surface area (Å²) in [6, 6.07) is 36.7. The normalized spacial score (nSPS) is 9.88. The van der Waals surface area contributed by atoms with Crippen molar-refractivity contribution in [2.75, 3.05) is 0 Å². The van der Waals surface area contributed by atoms with Crippen LogP contribution in [0.4, 0.5) is 4.39 Å². The van der Waals surface area contributed by atoms with Crippen LogP contribution in [0.5, 0.6) is 0 Å². The molecule has 0 saturated carbocycles. The summed E-state index contributed by atoms with van der Waals surface area (Å²) in [5, 5.41) is 0. The summed E-state index contributed by atoms with van der Waals surface area (Å²) in [5.74, 6) is -0.277. The van der Waals surface area contributed by atoms with Crippen LogP contribution in [0.15, 0.2) is 109 Å². The number of benzene rings is 3. The molecule has 165 valence electrons. The minimum absolute atomic E-state index is 0. The minimum atomic E-state index is -0.277. The van der Waals surface area contributed by atoms with Crippen molar-refractivity contribution in [2.45, 2.75) is 6.92 Å². The molecule has 0 atom stereocenters. The molecule has 0 spiro atoms. The van der Waals surface area contributed by atoms with Gasteiger partial charge in [0.15, 0.2) is 0 Å². The Bertz CT molecular complexity index is 1160. The topological polar surface area (TPSA) is 25.8 Å². The van der Waals surface area contributed by atoms with Crippen LogP contribution in [0.3, 0.4) is 0 Å². The Morgan fingerprint density at radius 3 is 2.15 bits per heavy atom. The van der Waals surface area contributed by atoms with Gasteiger partial charge in [0.25, 0.3) is 0 Å². The fraction of sp³-hybridized carbons (Fsp3) is 0.0345. The zero-order valence-corrected chi connectivity index (χ0v) is 20.4. The molecule has 33 heavy (non-hydrogen) atoms. The van der Waals surface area contributed by atoms with E-state index in [0.29, 0.717) is 0 Å². The number of pyridine rings is 2. The van der Waals surface area contributed by atoms with Gasteiger partial charge < -0.3 is 9.97 Å². The smallest absolute Gasteiger partial charge is 0.0379 e. The first-order chi connectivity index (χ1) is 15.7. The van der Waals surface area contributed by atoms with Crippen molar-refractivity contribution >= 4 is 0 Å². The average molecular weight is 609 g/mol. The minimum Gasteiger partial charge on any atom is -0.305 e. The van der Waals surface area contributed by atoms with Gasteiger partial charge in [0.1, 0.15) is 0 Å². The van der Waals surface area contributed by atoms with Crippen molar-refractivity contribution in [3.63, 3.8) is 0 Å². The van der Waals surface area contributed by atoms with Crippen molar-refractivity contribution in [3.8, 4) is 33.6 Å².